The van der Waals surface area contributed by atoms with Crippen LogP contribution in [-0.2, 0) is 6.42 Å². The molecule has 0 aliphatic carbocycles. The lowest BCUT2D eigenvalue weighted by molar-refractivity contribution is 1.11. The number of nitrogens with zero attached hydrogens (tertiary/aromatic N) is 1. The van der Waals surface area contributed by atoms with Crippen LogP contribution < -0.4 is 0 Å². The van der Waals surface area contributed by atoms with Gasteiger partial charge in [-0.2, -0.15) is 0 Å². The van der Waals surface area contributed by atoms with E-state index in [1.807, 2.05) is 0 Å². The van der Waals surface area contributed by atoms with E-state index < -0.39 is 0 Å². The first-order valence-corrected chi connectivity index (χ1v) is 5.87. The molecule has 1 nitrogen and oxygen atoms in total. The van der Waals surface area contributed by atoms with Gasteiger partial charge in [-0.1, -0.05) is 6.92 Å². The molecule has 0 spiro atoms. The van der Waals surface area contributed by atoms with E-state index >= 15 is 0 Å². The van der Waals surface area contributed by atoms with Crippen molar-refractivity contribution in [3.8, 4) is 0 Å². The number of fused-ring (bicyclic) bond motifs is 1. The van der Waals surface area contributed by atoms with E-state index in [2.05, 4.69) is 46.9 Å². The Kier molecular flexibility index (Phi) is 2.39. The molecule has 2 rings (SSSR count). The molecule has 0 fully saturated rings. The summed E-state index contributed by atoms with van der Waals surface area (Å²) in [6, 6.07) is 4.27. The molecule has 1 aromatic heterocycles. The maximum Gasteiger partial charge on any atom is 0.0936 e. The zero-order chi connectivity index (χ0) is 9.42. The van der Waals surface area contributed by atoms with Crippen LogP contribution in [0.2, 0.25) is 0 Å². The molecule has 0 atom stereocenters. The van der Waals surface area contributed by atoms with Crippen LogP contribution in [0.3, 0.4) is 0 Å². The van der Waals surface area contributed by atoms with Crippen LogP contribution in [0.15, 0.2) is 16.6 Å². The monoisotopic (exact) mass is 255 g/mol. The van der Waals surface area contributed by atoms with Crippen molar-refractivity contribution in [2.45, 2.75) is 20.3 Å². The molecule has 13 heavy (non-hydrogen) atoms. The summed E-state index contributed by atoms with van der Waals surface area (Å²) in [7, 11) is 0. The Morgan fingerprint density at radius 3 is 2.92 bits per heavy atom. The van der Waals surface area contributed by atoms with Gasteiger partial charge < -0.3 is 0 Å². The van der Waals surface area contributed by atoms with E-state index in [4.69, 9.17) is 0 Å². The van der Waals surface area contributed by atoms with Crippen LogP contribution in [0.4, 0.5) is 0 Å². The fraction of sp³-hybridized carbons (Fsp3) is 0.300. The minimum absolute atomic E-state index is 1.02. The first kappa shape index (κ1) is 9.16. The first-order valence-electron chi connectivity index (χ1n) is 4.26. The van der Waals surface area contributed by atoms with Gasteiger partial charge >= 0.3 is 0 Å². The highest BCUT2D eigenvalue weighted by Crippen LogP contribution is 2.30. The molecule has 0 aliphatic heterocycles. The van der Waals surface area contributed by atoms with Crippen molar-refractivity contribution in [1.29, 1.82) is 0 Å². The first-order chi connectivity index (χ1) is 6.20. The predicted octanol–water partition coefficient (Wildman–Crippen LogP) is 3.93. The number of rotatable bonds is 1. The molecule has 0 radical (unpaired) electrons. The van der Waals surface area contributed by atoms with Gasteiger partial charge in [0, 0.05) is 4.47 Å². The second-order valence-electron chi connectivity index (χ2n) is 3.06. The molecule has 1 heterocycles. The zero-order valence-corrected chi connectivity index (χ0v) is 10.00. The van der Waals surface area contributed by atoms with Crippen LogP contribution in [0, 0.1) is 6.92 Å². The molecule has 0 unspecified atom stereocenters. The normalized spacial score (nSPS) is 11.0. The van der Waals surface area contributed by atoms with Crippen LogP contribution in [0.1, 0.15) is 17.5 Å². The molecular weight excluding hydrogens is 246 g/mol. The molecule has 2 aromatic rings. The summed E-state index contributed by atoms with van der Waals surface area (Å²) in [5.41, 5.74) is 2.38. The molecule has 0 N–H and O–H groups in total. The second-order valence-corrected chi connectivity index (χ2v) is 4.99. The number of aromatic nitrogens is 1. The Morgan fingerprint density at radius 1 is 1.46 bits per heavy atom. The van der Waals surface area contributed by atoms with E-state index in [0.717, 1.165) is 11.9 Å². The third-order valence-electron chi connectivity index (χ3n) is 1.94. The standard InChI is InChI=1S/C10H10BrNS/c1-3-9-12-8-5-6(2)4-7(11)10(8)13-9/h4-5H,3H2,1-2H3. The van der Waals surface area contributed by atoms with Crippen LogP contribution in [0.25, 0.3) is 10.2 Å². The highest BCUT2D eigenvalue weighted by molar-refractivity contribution is 9.10. The van der Waals surface area contributed by atoms with E-state index in [9.17, 15) is 0 Å². The fourth-order valence-electron chi connectivity index (χ4n) is 1.32. The van der Waals surface area contributed by atoms with E-state index in [1.165, 1.54) is 19.7 Å². The van der Waals surface area contributed by atoms with Gasteiger partial charge in [0.1, 0.15) is 0 Å². The average molecular weight is 256 g/mol. The quantitative estimate of drug-likeness (QED) is 0.753. The number of hydrogen-bond donors (Lipinski definition) is 0. The lowest BCUT2D eigenvalue weighted by Gasteiger charge is -1.94. The molecule has 1 aromatic carbocycles. The third kappa shape index (κ3) is 1.63. The van der Waals surface area contributed by atoms with Gasteiger partial charge in [0.2, 0.25) is 0 Å². The Bertz CT molecular complexity index is 447. The number of hydrogen-bond acceptors (Lipinski definition) is 2. The molecular formula is C10H10BrNS. The smallest absolute Gasteiger partial charge is 0.0936 e. The third-order valence-corrected chi connectivity index (χ3v) is 4.07. The van der Waals surface area contributed by atoms with Gasteiger partial charge in [-0.3, -0.25) is 0 Å². The largest absolute Gasteiger partial charge is 0.241 e. The summed E-state index contributed by atoms with van der Waals surface area (Å²) in [5, 5.41) is 1.21. The van der Waals surface area contributed by atoms with Crippen LogP contribution in [-0.4, -0.2) is 4.98 Å². The van der Waals surface area contributed by atoms with Crippen LogP contribution >= 0.6 is 27.3 Å². The van der Waals surface area contributed by atoms with Gasteiger partial charge in [0.25, 0.3) is 0 Å². The second kappa shape index (κ2) is 3.39. The summed E-state index contributed by atoms with van der Waals surface area (Å²) in [6.07, 6.45) is 1.02. The van der Waals surface area contributed by atoms with Crippen molar-refractivity contribution in [3.63, 3.8) is 0 Å². The summed E-state index contributed by atoms with van der Waals surface area (Å²) in [4.78, 5) is 4.54. The zero-order valence-electron chi connectivity index (χ0n) is 7.60. The van der Waals surface area contributed by atoms with Crippen molar-refractivity contribution in [2.24, 2.45) is 0 Å². The molecule has 0 saturated carbocycles. The lowest BCUT2D eigenvalue weighted by atomic mass is 10.2. The summed E-state index contributed by atoms with van der Waals surface area (Å²) < 4.78 is 2.43. The van der Waals surface area contributed by atoms with Gasteiger partial charge in [-0.25, -0.2) is 4.98 Å². The van der Waals surface area contributed by atoms with Crippen LogP contribution in [0.5, 0.6) is 0 Å². The highest BCUT2D eigenvalue weighted by Gasteiger charge is 2.05. The number of aryl methyl sites for hydroxylation is 2. The number of benzene rings is 1. The molecule has 0 saturated heterocycles. The van der Waals surface area contributed by atoms with E-state index in [1.54, 1.807) is 11.3 Å². The molecule has 0 bridgehead atoms. The van der Waals surface area contributed by atoms with Gasteiger partial charge in [-0.05, 0) is 47.0 Å². The predicted molar refractivity (Wildman–Crippen MR) is 61.4 cm³/mol. The number of thiazole rings is 1. The minimum atomic E-state index is 1.02. The Labute approximate surface area is 89.9 Å². The van der Waals surface area contributed by atoms with Gasteiger partial charge in [0.05, 0.1) is 15.2 Å². The fourth-order valence-corrected chi connectivity index (χ4v) is 3.02. The highest BCUT2D eigenvalue weighted by atomic mass is 79.9. The van der Waals surface area contributed by atoms with Crippen molar-refractivity contribution < 1.29 is 0 Å². The molecule has 0 amide bonds. The molecule has 3 heteroatoms. The Hall–Kier alpha value is -0.410. The van der Waals surface area contributed by atoms with Gasteiger partial charge in [0.15, 0.2) is 0 Å². The van der Waals surface area contributed by atoms with E-state index in [-0.39, 0.29) is 0 Å². The Balaban J connectivity index is 2.75. The molecule has 68 valence electrons. The minimum Gasteiger partial charge on any atom is -0.241 e. The summed E-state index contributed by atoms with van der Waals surface area (Å²) in [5.74, 6) is 0. The summed E-state index contributed by atoms with van der Waals surface area (Å²) >= 11 is 5.34. The maximum absolute atomic E-state index is 4.54. The summed E-state index contributed by atoms with van der Waals surface area (Å²) in [6.45, 7) is 4.23. The van der Waals surface area contributed by atoms with Crippen molar-refractivity contribution >= 4 is 37.5 Å². The average Bonchev–Trinajstić information content (AvgIpc) is 2.47. The topological polar surface area (TPSA) is 12.9 Å². The van der Waals surface area contributed by atoms with Crippen molar-refractivity contribution in [1.82, 2.24) is 4.98 Å². The number of halogens is 1. The van der Waals surface area contributed by atoms with Crippen molar-refractivity contribution in [3.05, 3.63) is 27.2 Å². The molecule has 0 aliphatic rings. The Morgan fingerprint density at radius 2 is 2.23 bits per heavy atom. The lowest BCUT2D eigenvalue weighted by Crippen LogP contribution is -1.76. The van der Waals surface area contributed by atoms with E-state index in [0.29, 0.717) is 0 Å². The van der Waals surface area contributed by atoms with Crippen molar-refractivity contribution in [2.75, 3.05) is 0 Å². The van der Waals surface area contributed by atoms with Gasteiger partial charge in [-0.15, -0.1) is 11.3 Å². The SMILES string of the molecule is CCc1nc2cc(C)cc(Br)c2s1. The maximum atomic E-state index is 4.54.